The van der Waals surface area contributed by atoms with Crippen molar-refractivity contribution in [2.75, 3.05) is 0 Å². The highest BCUT2D eigenvalue weighted by molar-refractivity contribution is 5.75. The van der Waals surface area contributed by atoms with Gasteiger partial charge in [0, 0.05) is 11.1 Å². The molecular formula is C12H11NO2. The van der Waals surface area contributed by atoms with Gasteiger partial charge in [-0.2, -0.15) is 0 Å². The van der Waals surface area contributed by atoms with Crippen LogP contribution in [0.5, 0.6) is 0 Å². The van der Waals surface area contributed by atoms with Crippen LogP contribution in [0, 0.1) is 0 Å². The molecule has 2 aromatic rings. The summed E-state index contributed by atoms with van der Waals surface area (Å²) in [5.74, 6) is 0.601. The van der Waals surface area contributed by atoms with Crippen molar-refractivity contribution in [2.45, 2.75) is 13.3 Å². The van der Waals surface area contributed by atoms with Crippen LogP contribution in [0.4, 0.5) is 0 Å². The van der Waals surface area contributed by atoms with E-state index in [0.717, 1.165) is 24.0 Å². The highest BCUT2D eigenvalue weighted by Crippen LogP contribution is 2.18. The van der Waals surface area contributed by atoms with Gasteiger partial charge in [-0.15, -0.1) is 0 Å². The summed E-state index contributed by atoms with van der Waals surface area (Å²) >= 11 is 0. The van der Waals surface area contributed by atoms with Crippen LogP contribution >= 0.6 is 0 Å². The van der Waals surface area contributed by atoms with E-state index in [-0.39, 0.29) is 0 Å². The monoisotopic (exact) mass is 201 g/mol. The quantitative estimate of drug-likeness (QED) is 0.717. The van der Waals surface area contributed by atoms with E-state index < -0.39 is 0 Å². The largest absolute Gasteiger partial charge is 0.444 e. The Morgan fingerprint density at radius 3 is 2.60 bits per heavy atom. The van der Waals surface area contributed by atoms with Gasteiger partial charge < -0.3 is 4.42 Å². The number of carbonyl (C=O) groups is 1. The second kappa shape index (κ2) is 4.09. The van der Waals surface area contributed by atoms with Crippen molar-refractivity contribution in [2.24, 2.45) is 0 Å². The maximum Gasteiger partial charge on any atom is 0.226 e. The lowest BCUT2D eigenvalue weighted by Gasteiger charge is -1.94. The highest BCUT2D eigenvalue weighted by atomic mass is 16.3. The van der Waals surface area contributed by atoms with Gasteiger partial charge in [0.1, 0.15) is 12.5 Å². The molecule has 0 aliphatic rings. The van der Waals surface area contributed by atoms with Crippen LogP contribution in [-0.2, 0) is 6.42 Å². The zero-order valence-corrected chi connectivity index (χ0v) is 8.43. The van der Waals surface area contributed by atoms with E-state index in [1.165, 1.54) is 0 Å². The molecule has 0 saturated carbocycles. The number of hydrogen-bond acceptors (Lipinski definition) is 3. The molecular weight excluding hydrogens is 190 g/mol. The molecule has 0 atom stereocenters. The Hall–Kier alpha value is -1.90. The zero-order valence-electron chi connectivity index (χ0n) is 8.43. The maximum atomic E-state index is 10.5. The number of aromatic nitrogens is 1. The number of aldehydes is 1. The number of carbonyl (C=O) groups excluding carboxylic acids is 1. The fourth-order valence-corrected chi connectivity index (χ4v) is 1.31. The first-order chi connectivity index (χ1) is 7.33. The maximum absolute atomic E-state index is 10.5. The van der Waals surface area contributed by atoms with Crippen molar-refractivity contribution < 1.29 is 9.21 Å². The second-order valence-corrected chi connectivity index (χ2v) is 3.24. The zero-order chi connectivity index (χ0) is 10.7. The third-order valence-corrected chi connectivity index (χ3v) is 2.21. The summed E-state index contributed by atoms with van der Waals surface area (Å²) in [5.41, 5.74) is 2.48. The van der Waals surface area contributed by atoms with Crippen molar-refractivity contribution in [1.29, 1.82) is 0 Å². The molecule has 0 radical (unpaired) electrons. The Morgan fingerprint density at radius 1 is 1.33 bits per heavy atom. The van der Waals surface area contributed by atoms with E-state index in [0.29, 0.717) is 11.5 Å². The van der Waals surface area contributed by atoms with E-state index in [1.54, 1.807) is 18.4 Å². The van der Waals surface area contributed by atoms with Gasteiger partial charge >= 0.3 is 0 Å². The van der Waals surface area contributed by atoms with Crippen LogP contribution < -0.4 is 0 Å². The summed E-state index contributed by atoms with van der Waals surface area (Å²) in [4.78, 5) is 14.8. The topological polar surface area (TPSA) is 43.1 Å². The Balaban J connectivity index is 2.32. The highest BCUT2D eigenvalue weighted by Gasteiger charge is 2.04. The molecule has 15 heavy (non-hydrogen) atoms. The molecule has 0 amide bonds. The first kappa shape index (κ1) is 9.65. The minimum atomic E-state index is 0.601. The predicted octanol–water partition coefficient (Wildman–Crippen LogP) is 2.72. The summed E-state index contributed by atoms with van der Waals surface area (Å²) in [7, 11) is 0. The lowest BCUT2D eigenvalue weighted by atomic mass is 10.1. The number of benzene rings is 1. The van der Waals surface area contributed by atoms with Gasteiger partial charge in [0.2, 0.25) is 5.89 Å². The molecule has 0 bridgehead atoms. The third-order valence-electron chi connectivity index (χ3n) is 2.21. The molecule has 1 aromatic heterocycles. The average Bonchev–Trinajstić information content (AvgIpc) is 2.78. The minimum absolute atomic E-state index is 0.601. The molecule has 0 N–H and O–H groups in total. The van der Waals surface area contributed by atoms with E-state index in [2.05, 4.69) is 4.98 Å². The number of hydrogen-bond donors (Lipinski definition) is 0. The first-order valence-corrected chi connectivity index (χ1v) is 4.83. The van der Waals surface area contributed by atoms with E-state index in [1.807, 2.05) is 19.1 Å². The molecule has 0 spiro atoms. The summed E-state index contributed by atoms with van der Waals surface area (Å²) in [6.45, 7) is 2.02. The molecule has 3 heteroatoms. The summed E-state index contributed by atoms with van der Waals surface area (Å²) in [6.07, 6.45) is 3.33. The minimum Gasteiger partial charge on any atom is -0.444 e. The van der Waals surface area contributed by atoms with Crippen molar-refractivity contribution in [3.8, 4) is 11.5 Å². The van der Waals surface area contributed by atoms with Crippen molar-refractivity contribution in [3.63, 3.8) is 0 Å². The van der Waals surface area contributed by atoms with Crippen LogP contribution in [0.25, 0.3) is 11.5 Å². The van der Waals surface area contributed by atoms with E-state index in [4.69, 9.17) is 4.42 Å². The van der Waals surface area contributed by atoms with Crippen molar-refractivity contribution in [3.05, 3.63) is 41.8 Å². The number of aryl methyl sites for hydroxylation is 1. The average molecular weight is 201 g/mol. The molecule has 0 unspecified atom stereocenters. The number of oxazole rings is 1. The first-order valence-electron chi connectivity index (χ1n) is 4.83. The fourth-order valence-electron chi connectivity index (χ4n) is 1.31. The van der Waals surface area contributed by atoms with Gasteiger partial charge in [0.15, 0.2) is 0 Å². The lowest BCUT2D eigenvalue weighted by Crippen LogP contribution is -1.82. The summed E-state index contributed by atoms with van der Waals surface area (Å²) < 4.78 is 5.32. The Labute approximate surface area is 87.8 Å². The Kier molecular flexibility index (Phi) is 2.63. The Bertz CT molecular complexity index is 457. The van der Waals surface area contributed by atoms with E-state index in [9.17, 15) is 4.79 Å². The van der Waals surface area contributed by atoms with E-state index >= 15 is 0 Å². The van der Waals surface area contributed by atoms with Crippen molar-refractivity contribution in [1.82, 2.24) is 4.98 Å². The molecule has 0 aliphatic carbocycles. The predicted molar refractivity (Wildman–Crippen MR) is 56.7 cm³/mol. The van der Waals surface area contributed by atoms with Crippen molar-refractivity contribution >= 4 is 6.29 Å². The van der Waals surface area contributed by atoms with Crippen LogP contribution in [0.2, 0.25) is 0 Å². The Morgan fingerprint density at radius 2 is 2.07 bits per heavy atom. The standard InChI is InChI=1S/C12H11NO2/c1-2-11-8-15-12(13-11)10-5-3-9(7-14)4-6-10/h3-8H,2H2,1H3. The number of rotatable bonds is 3. The molecule has 76 valence electrons. The van der Waals surface area contributed by atoms with Gasteiger partial charge in [-0.3, -0.25) is 4.79 Å². The molecule has 2 rings (SSSR count). The lowest BCUT2D eigenvalue weighted by molar-refractivity contribution is 0.112. The molecule has 0 fully saturated rings. The molecule has 0 aliphatic heterocycles. The molecule has 1 aromatic carbocycles. The van der Waals surface area contributed by atoms with Crippen LogP contribution in [0.15, 0.2) is 34.9 Å². The van der Waals surface area contributed by atoms with Gasteiger partial charge in [-0.05, 0) is 18.6 Å². The van der Waals surface area contributed by atoms with Gasteiger partial charge in [-0.1, -0.05) is 19.1 Å². The van der Waals surface area contributed by atoms with Crippen LogP contribution in [0.1, 0.15) is 23.0 Å². The molecule has 3 nitrogen and oxygen atoms in total. The SMILES string of the molecule is CCc1coc(-c2ccc(C=O)cc2)n1. The van der Waals surface area contributed by atoms with Crippen LogP contribution in [0.3, 0.4) is 0 Å². The second-order valence-electron chi connectivity index (χ2n) is 3.24. The molecule has 0 saturated heterocycles. The fraction of sp³-hybridized carbons (Fsp3) is 0.167. The van der Waals surface area contributed by atoms with Gasteiger partial charge in [0.05, 0.1) is 5.69 Å². The van der Waals surface area contributed by atoms with Gasteiger partial charge in [-0.25, -0.2) is 4.98 Å². The summed E-state index contributed by atoms with van der Waals surface area (Å²) in [6, 6.07) is 7.15. The normalized spacial score (nSPS) is 10.2. The third kappa shape index (κ3) is 1.96. The van der Waals surface area contributed by atoms with Gasteiger partial charge in [0.25, 0.3) is 0 Å². The number of nitrogens with zero attached hydrogens (tertiary/aromatic N) is 1. The smallest absolute Gasteiger partial charge is 0.226 e. The van der Waals surface area contributed by atoms with Crippen LogP contribution in [-0.4, -0.2) is 11.3 Å². The summed E-state index contributed by atoms with van der Waals surface area (Å²) in [5, 5.41) is 0. The molecule has 1 heterocycles.